The minimum Gasteiger partial charge on any atom is -0.371 e. The summed E-state index contributed by atoms with van der Waals surface area (Å²) in [5, 5.41) is 3.28. The van der Waals surface area contributed by atoms with Crippen LogP contribution in [0.3, 0.4) is 0 Å². The summed E-state index contributed by atoms with van der Waals surface area (Å²) in [5.74, 6) is 0.0248. The second kappa shape index (κ2) is 5.40. The Labute approximate surface area is 118 Å². The zero-order chi connectivity index (χ0) is 14.1. The Morgan fingerprint density at radius 2 is 2.00 bits per heavy atom. The van der Waals surface area contributed by atoms with Crippen LogP contribution in [0.4, 0.5) is 15.8 Å². The van der Waals surface area contributed by atoms with E-state index in [-0.39, 0.29) is 17.6 Å². The van der Waals surface area contributed by atoms with Crippen LogP contribution in [-0.4, -0.2) is 39.1 Å². The van der Waals surface area contributed by atoms with Gasteiger partial charge in [-0.3, -0.25) is 4.79 Å². The molecule has 2 aliphatic rings. The number of likely N-dealkylation sites (N-methyl/N-ethyl adjacent to an activating group) is 1. The number of benzene rings is 1. The molecule has 1 N–H and O–H groups in total. The first-order valence-electron chi connectivity index (χ1n) is 7.19. The van der Waals surface area contributed by atoms with Crippen LogP contribution in [0.5, 0.6) is 0 Å². The minimum atomic E-state index is -0.258. The molecule has 0 atom stereocenters. The molecule has 1 fully saturated rings. The van der Waals surface area contributed by atoms with Crippen LogP contribution in [0.2, 0.25) is 0 Å². The van der Waals surface area contributed by atoms with Gasteiger partial charge in [0.15, 0.2) is 0 Å². The van der Waals surface area contributed by atoms with Gasteiger partial charge in [0.25, 0.3) is 0 Å². The van der Waals surface area contributed by atoms with Crippen LogP contribution in [0.25, 0.3) is 0 Å². The van der Waals surface area contributed by atoms with Crippen molar-refractivity contribution in [3.63, 3.8) is 0 Å². The quantitative estimate of drug-likeness (QED) is 0.847. The number of carbonyl (C=O) groups is 1. The van der Waals surface area contributed by atoms with Gasteiger partial charge in [-0.25, -0.2) is 4.39 Å². The predicted octanol–water partition coefficient (Wildman–Crippen LogP) is 1.61. The molecule has 108 valence electrons. The number of halogens is 1. The zero-order valence-corrected chi connectivity index (χ0v) is 11.7. The number of hydrogen-bond acceptors (Lipinski definition) is 3. The van der Waals surface area contributed by atoms with Crippen molar-refractivity contribution in [2.45, 2.75) is 12.8 Å². The van der Waals surface area contributed by atoms with Gasteiger partial charge in [-0.1, -0.05) is 0 Å². The molecule has 0 spiro atoms. The van der Waals surface area contributed by atoms with Gasteiger partial charge in [-0.15, -0.1) is 0 Å². The smallest absolute Gasteiger partial charge is 0.230 e. The highest BCUT2D eigenvalue weighted by Gasteiger charge is 2.31. The number of fused-ring (bicyclic) bond motifs is 1. The lowest BCUT2D eigenvalue weighted by atomic mass is 9.95. The summed E-state index contributed by atoms with van der Waals surface area (Å²) < 4.78 is 13.4. The van der Waals surface area contributed by atoms with E-state index in [4.69, 9.17) is 0 Å². The van der Waals surface area contributed by atoms with Gasteiger partial charge in [0, 0.05) is 26.1 Å². The van der Waals surface area contributed by atoms with Gasteiger partial charge in [0.2, 0.25) is 5.91 Å². The fraction of sp³-hybridized carbons (Fsp3) is 0.533. The Bertz CT molecular complexity index is 514. The van der Waals surface area contributed by atoms with Crippen LogP contribution in [-0.2, 0) is 4.79 Å². The molecule has 0 aliphatic carbocycles. The van der Waals surface area contributed by atoms with Gasteiger partial charge in [0.05, 0.1) is 11.4 Å². The second-order valence-corrected chi connectivity index (χ2v) is 5.57. The standard InChI is InChI=1S/C15H20FN3O/c1-18-8-9-19(13-3-2-12(16)10-14(13)18)15(20)11-4-6-17-7-5-11/h2-3,10-11,17H,4-9H2,1H3. The highest BCUT2D eigenvalue weighted by atomic mass is 19.1. The number of amides is 1. The van der Waals surface area contributed by atoms with Gasteiger partial charge >= 0.3 is 0 Å². The first-order valence-corrected chi connectivity index (χ1v) is 7.19. The topological polar surface area (TPSA) is 35.6 Å². The highest BCUT2D eigenvalue weighted by molar-refractivity contribution is 5.99. The molecule has 1 aromatic carbocycles. The molecular formula is C15H20FN3O. The molecule has 2 heterocycles. The lowest BCUT2D eigenvalue weighted by Gasteiger charge is -2.38. The molecule has 20 heavy (non-hydrogen) atoms. The van der Waals surface area contributed by atoms with E-state index in [1.54, 1.807) is 6.07 Å². The molecule has 0 aromatic heterocycles. The number of anilines is 2. The van der Waals surface area contributed by atoms with Crippen molar-refractivity contribution < 1.29 is 9.18 Å². The van der Waals surface area contributed by atoms with Crippen molar-refractivity contribution in [3.8, 4) is 0 Å². The van der Waals surface area contributed by atoms with Crippen LogP contribution in [0.15, 0.2) is 18.2 Å². The molecule has 2 aliphatic heterocycles. The maximum atomic E-state index is 13.4. The number of piperidine rings is 1. The van der Waals surface area contributed by atoms with Crippen LogP contribution in [0.1, 0.15) is 12.8 Å². The Kier molecular flexibility index (Phi) is 3.61. The molecule has 3 rings (SSSR count). The summed E-state index contributed by atoms with van der Waals surface area (Å²) in [6, 6.07) is 4.66. The van der Waals surface area contributed by atoms with Gasteiger partial charge in [-0.2, -0.15) is 0 Å². The third kappa shape index (κ3) is 2.38. The summed E-state index contributed by atoms with van der Waals surface area (Å²) in [7, 11) is 1.94. The second-order valence-electron chi connectivity index (χ2n) is 5.57. The fourth-order valence-electron chi connectivity index (χ4n) is 3.04. The van der Waals surface area contributed by atoms with Crippen LogP contribution < -0.4 is 15.1 Å². The molecule has 0 radical (unpaired) electrons. The molecule has 1 amide bonds. The molecular weight excluding hydrogens is 257 g/mol. The van der Waals surface area contributed by atoms with Crippen molar-refractivity contribution in [2.75, 3.05) is 43.0 Å². The molecule has 0 saturated carbocycles. The first-order chi connectivity index (χ1) is 9.66. The third-order valence-corrected chi connectivity index (χ3v) is 4.25. The number of carbonyl (C=O) groups excluding carboxylic acids is 1. The number of nitrogens with one attached hydrogen (secondary N) is 1. The normalized spacial score (nSPS) is 19.9. The lowest BCUT2D eigenvalue weighted by Crippen LogP contribution is -2.47. The van der Waals surface area contributed by atoms with Crippen LogP contribution in [0, 0.1) is 11.7 Å². The van der Waals surface area contributed by atoms with Crippen molar-refractivity contribution >= 4 is 17.3 Å². The SMILES string of the molecule is CN1CCN(C(=O)C2CCNCC2)c2ccc(F)cc21. The highest BCUT2D eigenvalue weighted by Crippen LogP contribution is 2.34. The summed E-state index contributed by atoms with van der Waals surface area (Å²) in [6.45, 7) is 3.23. The largest absolute Gasteiger partial charge is 0.371 e. The first kappa shape index (κ1) is 13.4. The Balaban J connectivity index is 1.88. The Hall–Kier alpha value is -1.62. The average Bonchev–Trinajstić information content (AvgIpc) is 2.48. The summed E-state index contributed by atoms with van der Waals surface area (Å²) in [6.07, 6.45) is 1.78. The minimum absolute atomic E-state index is 0.0950. The van der Waals surface area contributed by atoms with Crippen molar-refractivity contribution in [1.82, 2.24) is 5.32 Å². The Morgan fingerprint density at radius 1 is 1.25 bits per heavy atom. The van der Waals surface area contributed by atoms with Crippen molar-refractivity contribution in [3.05, 3.63) is 24.0 Å². The van der Waals surface area contributed by atoms with E-state index in [2.05, 4.69) is 5.32 Å². The van der Waals surface area contributed by atoms with E-state index in [0.717, 1.165) is 43.9 Å². The van der Waals surface area contributed by atoms with E-state index in [1.165, 1.54) is 12.1 Å². The third-order valence-electron chi connectivity index (χ3n) is 4.25. The van der Waals surface area contributed by atoms with Crippen LogP contribution >= 0.6 is 0 Å². The number of hydrogen-bond donors (Lipinski definition) is 1. The van der Waals surface area contributed by atoms with E-state index < -0.39 is 0 Å². The summed E-state index contributed by atoms with van der Waals surface area (Å²) in [4.78, 5) is 16.5. The van der Waals surface area contributed by atoms with E-state index in [9.17, 15) is 9.18 Å². The molecule has 1 saturated heterocycles. The van der Waals surface area contributed by atoms with Gasteiger partial charge < -0.3 is 15.1 Å². The monoisotopic (exact) mass is 277 g/mol. The van der Waals surface area contributed by atoms with Gasteiger partial charge in [-0.05, 0) is 44.1 Å². The zero-order valence-electron chi connectivity index (χ0n) is 11.7. The molecule has 0 unspecified atom stereocenters. The molecule has 5 heteroatoms. The summed E-state index contributed by atoms with van der Waals surface area (Å²) >= 11 is 0. The molecule has 0 bridgehead atoms. The van der Waals surface area contributed by atoms with Crippen molar-refractivity contribution in [1.29, 1.82) is 0 Å². The van der Waals surface area contributed by atoms with Gasteiger partial charge in [0.1, 0.15) is 5.82 Å². The number of nitrogens with zero attached hydrogens (tertiary/aromatic N) is 2. The Morgan fingerprint density at radius 3 is 2.75 bits per heavy atom. The van der Waals surface area contributed by atoms with E-state index in [1.807, 2.05) is 16.8 Å². The maximum Gasteiger partial charge on any atom is 0.230 e. The predicted molar refractivity (Wildman–Crippen MR) is 77.6 cm³/mol. The lowest BCUT2D eigenvalue weighted by molar-refractivity contribution is -0.123. The number of rotatable bonds is 1. The van der Waals surface area contributed by atoms with Crippen molar-refractivity contribution in [2.24, 2.45) is 5.92 Å². The average molecular weight is 277 g/mol. The maximum absolute atomic E-state index is 13.4. The van der Waals surface area contributed by atoms with E-state index >= 15 is 0 Å². The van der Waals surface area contributed by atoms with E-state index in [0.29, 0.717) is 6.54 Å². The molecule has 4 nitrogen and oxygen atoms in total. The summed E-state index contributed by atoms with van der Waals surface area (Å²) in [5.41, 5.74) is 1.64. The molecule has 1 aromatic rings. The fourth-order valence-corrected chi connectivity index (χ4v) is 3.04.